The van der Waals surface area contributed by atoms with Crippen LogP contribution in [0, 0.1) is 17.0 Å². The molecule has 102 valence electrons. The smallest absolute Gasteiger partial charge is 0.311 e. The molecule has 0 unspecified atom stereocenters. The molecule has 1 aromatic rings. The summed E-state index contributed by atoms with van der Waals surface area (Å²) in [6.07, 6.45) is 8.09. The lowest BCUT2D eigenvalue weighted by atomic mass is 9.97. The van der Waals surface area contributed by atoms with Gasteiger partial charge in [-0.25, -0.2) is 4.98 Å². The van der Waals surface area contributed by atoms with Crippen molar-refractivity contribution >= 4 is 11.5 Å². The second-order valence-electron chi connectivity index (χ2n) is 4.86. The maximum absolute atomic E-state index is 10.9. The highest BCUT2D eigenvalue weighted by Gasteiger charge is 2.14. The van der Waals surface area contributed by atoms with Crippen LogP contribution in [0.1, 0.15) is 37.8 Å². The first kappa shape index (κ1) is 13.5. The van der Waals surface area contributed by atoms with Crippen molar-refractivity contribution in [1.29, 1.82) is 0 Å². The zero-order chi connectivity index (χ0) is 13.7. The maximum Gasteiger partial charge on any atom is 0.311 e. The quantitative estimate of drug-likeness (QED) is 0.499. The maximum atomic E-state index is 10.9. The largest absolute Gasteiger partial charge is 0.364 e. The predicted octanol–water partition coefficient (Wildman–Crippen LogP) is 3.60. The third kappa shape index (κ3) is 3.77. The molecule has 1 N–H and O–H groups in total. The van der Waals surface area contributed by atoms with Crippen molar-refractivity contribution in [2.45, 2.75) is 39.0 Å². The number of nitrogens with zero attached hydrogens (tertiary/aromatic N) is 2. The van der Waals surface area contributed by atoms with Crippen LogP contribution in [0.4, 0.5) is 11.5 Å². The number of aryl methyl sites for hydroxylation is 1. The highest BCUT2D eigenvalue weighted by molar-refractivity contribution is 5.56. The van der Waals surface area contributed by atoms with E-state index in [4.69, 9.17) is 0 Å². The summed E-state index contributed by atoms with van der Waals surface area (Å²) in [5, 5.41) is 14.0. The molecule has 5 nitrogen and oxygen atoms in total. The van der Waals surface area contributed by atoms with Gasteiger partial charge in [0.05, 0.1) is 4.92 Å². The molecule has 0 aromatic carbocycles. The molecular weight excluding hydrogens is 242 g/mol. The SMILES string of the molecule is Cc1ccc([N+](=O)[O-])c(NCCC2=CCCCC2)n1. The minimum atomic E-state index is -0.394. The second kappa shape index (κ2) is 6.31. The summed E-state index contributed by atoms with van der Waals surface area (Å²) in [4.78, 5) is 14.7. The molecular formula is C14H19N3O2. The second-order valence-corrected chi connectivity index (χ2v) is 4.86. The third-order valence-electron chi connectivity index (χ3n) is 3.33. The van der Waals surface area contributed by atoms with Crippen molar-refractivity contribution in [3.8, 4) is 0 Å². The van der Waals surface area contributed by atoms with Crippen LogP contribution in [0.3, 0.4) is 0 Å². The van der Waals surface area contributed by atoms with Gasteiger partial charge >= 0.3 is 5.69 Å². The number of aromatic nitrogens is 1. The molecule has 5 heteroatoms. The molecule has 0 saturated heterocycles. The van der Waals surface area contributed by atoms with Gasteiger partial charge in [-0.05, 0) is 45.1 Å². The number of hydrogen-bond donors (Lipinski definition) is 1. The molecule has 0 atom stereocenters. The van der Waals surface area contributed by atoms with Crippen molar-refractivity contribution in [2.75, 3.05) is 11.9 Å². The Bertz CT molecular complexity index is 497. The summed E-state index contributed by atoms with van der Waals surface area (Å²) in [5.41, 5.74) is 2.28. The molecule has 0 saturated carbocycles. The lowest BCUT2D eigenvalue weighted by Crippen LogP contribution is -2.08. The number of hydrogen-bond acceptors (Lipinski definition) is 4. The van der Waals surface area contributed by atoms with Crippen molar-refractivity contribution in [2.24, 2.45) is 0 Å². The zero-order valence-electron chi connectivity index (χ0n) is 11.2. The van der Waals surface area contributed by atoms with E-state index in [1.165, 1.54) is 24.5 Å². The molecule has 0 aliphatic heterocycles. The summed E-state index contributed by atoms with van der Waals surface area (Å²) >= 11 is 0. The Balaban J connectivity index is 1.96. The fourth-order valence-electron chi connectivity index (χ4n) is 2.30. The van der Waals surface area contributed by atoms with Crippen LogP contribution in [-0.2, 0) is 0 Å². The van der Waals surface area contributed by atoms with Crippen LogP contribution in [0.25, 0.3) is 0 Å². The number of anilines is 1. The van der Waals surface area contributed by atoms with Crippen LogP contribution in [0.2, 0.25) is 0 Å². The average molecular weight is 261 g/mol. The van der Waals surface area contributed by atoms with E-state index in [0.717, 1.165) is 25.0 Å². The van der Waals surface area contributed by atoms with E-state index in [1.54, 1.807) is 6.07 Å². The third-order valence-corrected chi connectivity index (χ3v) is 3.33. The van der Waals surface area contributed by atoms with Gasteiger partial charge in [-0.3, -0.25) is 10.1 Å². The first-order valence-electron chi connectivity index (χ1n) is 6.70. The first-order valence-corrected chi connectivity index (χ1v) is 6.70. The van der Waals surface area contributed by atoms with Gasteiger partial charge in [0, 0.05) is 18.3 Å². The van der Waals surface area contributed by atoms with Gasteiger partial charge in [0.1, 0.15) is 0 Å². The molecule has 0 bridgehead atoms. The van der Waals surface area contributed by atoms with Gasteiger partial charge in [-0.15, -0.1) is 0 Å². The fourth-order valence-corrected chi connectivity index (χ4v) is 2.30. The Hall–Kier alpha value is -1.91. The van der Waals surface area contributed by atoms with E-state index in [-0.39, 0.29) is 5.69 Å². The molecule has 1 aromatic heterocycles. The Morgan fingerprint density at radius 2 is 2.26 bits per heavy atom. The van der Waals surface area contributed by atoms with Gasteiger partial charge in [-0.2, -0.15) is 0 Å². The van der Waals surface area contributed by atoms with Crippen LogP contribution < -0.4 is 5.32 Å². The topological polar surface area (TPSA) is 68.1 Å². The molecule has 2 rings (SSSR count). The Kier molecular flexibility index (Phi) is 4.49. The Morgan fingerprint density at radius 1 is 1.42 bits per heavy atom. The molecule has 19 heavy (non-hydrogen) atoms. The number of rotatable bonds is 5. The number of nitrogens with one attached hydrogen (secondary N) is 1. The van der Waals surface area contributed by atoms with E-state index in [2.05, 4.69) is 16.4 Å². The van der Waals surface area contributed by atoms with Crippen molar-refractivity contribution in [3.05, 3.63) is 39.6 Å². The molecule has 1 aliphatic rings. The monoisotopic (exact) mass is 261 g/mol. The summed E-state index contributed by atoms with van der Waals surface area (Å²) in [6.45, 7) is 2.53. The van der Waals surface area contributed by atoms with E-state index >= 15 is 0 Å². The van der Waals surface area contributed by atoms with E-state index < -0.39 is 4.92 Å². The Morgan fingerprint density at radius 3 is 2.95 bits per heavy atom. The molecule has 0 spiro atoms. The molecule has 0 radical (unpaired) electrons. The number of allylic oxidation sites excluding steroid dienone is 1. The van der Waals surface area contributed by atoms with E-state index in [1.807, 2.05) is 6.92 Å². The highest BCUT2D eigenvalue weighted by atomic mass is 16.6. The number of pyridine rings is 1. The van der Waals surface area contributed by atoms with E-state index in [0.29, 0.717) is 12.4 Å². The summed E-state index contributed by atoms with van der Waals surface area (Å²) in [6, 6.07) is 3.16. The lowest BCUT2D eigenvalue weighted by Gasteiger charge is -2.13. The summed E-state index contributed by atoms with van der Waals surface area (Å²) in [7, 11) is 0. The van der Waals surface area contributed by atoms with Gasteiger partial charge in [0.15, 0.2) is 0 Å². The van der Waals surface area contributed by atoms with Gasteiger partial charge in [0.25, 0.3) is 0 Å². The average Bonchev–Trinajstić information content (AvgIpc) is 2.39. The minimum Gasteiger partial charge on any atom is -0.364 e. The molecule has 1 aliphatic carbocycles. The standard InChI is InChI=1S/C14H19N3O2/c1-11-7-8-13(17(18)19)14(16-11)15-10-9-12-5-3-2-4-6-12/h5,7-8H,2-4,6,9-10H2,1H3,(H,15,16). The van der Waals surface area contributed by atoms with Gasteiger partial charge in [-0.1, -0.05) is 11.6 Å². The minimum absolute atomic E-state index is 0.0447. The van der Waals surface area contributed by atoms with Crippen molar-refractivity contribution < 1.29 is 4.92 Å². The first-order chi connectivity index (χ1) is 9.16. The zero-order valence-corrected chi connectivity index (χ0v) is 11.2. The van der Waals surface area contributed by atoms with Crippen LogP contribution in [0.15, 0.2) is 23.8 Å². The number of nitro groups is 1. The summed E-state index contributed by atoms with van der Waals surface area (Å²) < 4.78 is 0. The van der Waals surface area contributed by atoms with E-state index in [9.17, 15) is 10.1 Å². The fraction of sp³-hybridized carbons (Fsp3) is 0.500. The predicted molar refractivity (Wildman–Crippen MR) is 75.3 cm³/mol. The lowest BCUT2D eigenvalue weighted by molar-refractivity contribution is -0.384. The summed E-state index contributed by atoms with van der Waals surface area (Å²) in [5.74, 6) is 0.376. The highest BCUT2D eigenvalue weighted by Crippen LogP contribution is 2.23. The van der Waals surface area contributed by atoms with Crippen LogP contribution in [0.5, 0.6) is 0 Å². The van der Waals surface area contributed by atoms with Gasteiger partial charge in [0.2, 0.25) is 5.82 Å². The van der Waals surface area contributed by atoms with Crippen LogP contribution in [-0.4, -0.2) is 16.5 Å². The molecule has 0 fully saturated rings. The van der Waals surface area contributed by atoms with Crippen molar-refractivity contribution in [3.63, 3.8) is 0 Å². The van der Waals surface area contributed by atoms with Crippen molar-refractivity contribution in [1.82, 2.24) is 4.98 Å². The van der Waals surface area contributed by atoms with Crippen LogP contribution >= 0.6 is 0 Å². The molecule has 0 amide bonds. The molecule has 1 heterocycles. The van der Waals surface area contributed by atoms with Gasteiger partial charge < -0.3 is 5.32 Å². The Labute approximate surface area is 112 Å². The normalized spacial score (nSPS) is 14.9.